The van der Waals surface area contributed by atoms with Gasteiger partial charge in [0.2, 0.25) is 0 Å². The summed E-state index contributed by atoms with van der Waals surface area (Å²) in [6.45, 7) is 3.81. The molecule has 0 fully saturated rings. The van der Waals surface area contributed by atoms with Crippen LogP contribution in [0.25, 0.3) is 0 Å². The van der Waals surface area contributed by atoms with Crippen LogP contribution in [0.2, 0.25) is 0 Å². The number of ketones is 1. The smallest absolute Gasteiger partial charge is 0.133 e. The summed E-state index contributed by atoms with van der Waals surface area (Å²) < 4.78 is 0. The van der Waals surface area contributed by atoms with Gasteiger partial charge in [-0.1, -0.05) is 25.1 Å². The number of hydrogen-bond donors (Lipinski definition) is 0. The molecule has 0 saturated heterocycles. The van der Waals surface area contributed by atoms with E-state index in [0.717, 1.165) is 12.8 Å². The summed E-state index contributed by atoms with van der Waals surface area (Å²) in [7, 11) is 0. The van der Waals surface area contributed by atoms with Crippen molar-refractivity contribution in [1.29, 1.82) is 0 Å². The van der Waals surface area contributed by atoms with Gasteiger partial charge in [-0.3, -0.25) is 4.79 Å². The number of aryl methyl sites for hydroxylation is 2. The average molecular weight is 216 g/mol. The van der Waals surface area contributed by atoms with Gasteiger partial charge < -0.3 is 0 Å². The monoisotopic (exact) mass is 216 g/mol. The Balaban J connectivity index is 2.13. The Morgan fingerprint density at radius 2 is 2.06 bits per heavy atom. The van der Waals surface area contributed by atoms with Crippen LogP contribution in [0.4, 0.5) is 0 Å². The molecular formula is C15H20O. The first-order valence-corrected chi connectivity index (χ1v) is 6.32. The van der Waals surface area contributed by atoms with Gasteiger partial charge in [-0.05, 0) is 55.7 Å². The van der Waals surface area contributed by atoms with Crippen molar-refractivity contribution in [2.75, 3.05) is 0 Å². The molecule has 0 spiro atoms. The predicted molar refractivity (Wildman–Crippen MR) is 66.6 cm³/mol. The van der Waals surface area contributed by atoms with Gasteiger partial charge in [-0.15, -0.1) is 0 Å². The lowest BCUT2D eigenvalue weighted by Gasteiger charge is -2.12. The van der Waals surface area contributed by atoms with Crippen molar-refractivity contribution in [2.24, 2.45) is 5.92 Å². The van der Waals surface area contributed by atoms with Crippen molar-refractivity contribution in [3.63, 3.8) is 0 Å². The van der Waals surface area contributed by atoms with Crippen molar-refractivity contribution in [1.82, 2.24) is 0 Å². The van der Waals surface area contributed by atoms with E-state index in [0.29, 0.717) is 5.78 Å². The van der Waals surface area contributed by atoms with E-state index in [-0.39, 0.29) is 5.92 Å². The molecule has 1 heteroatoms. The topological polar surface area (TPSA) is 17.1 Å². The molecule has 0 aromatic heterocycles. The van der Waals surface area contributed by atoms with E-state index < -0.39 is 0 Å². The molecule has 0 saturated carbocycles. The Labute approximate surface area is 97.9 Å². The van der Waals surface area contributed by atoms with Crippen LogP contribution in [0.5, 0.6) is 0 Å². The van der Waals surface area contributed by atoms with E-state index in [2.05, 4.69) is 25.1 Å². The lowest BCUT2D eigenvalue weighted by molar-refractivity contribution is -0.120. The molecule has 1 aliphatic rings. The number of Topliss-reactive ketones (excluding diaryl/α,β-unsaturated/α-hetero) is 1. The molecule has 2 rings (SSSR count). The predicted octanol–water partition coefficient (Wildman–Crippen LogP) is 3.33. The van der Waals surface area contributed by atoms with Gasteiger partial charge in [0.1, 0.15) is 5.78 Å². The maximum atomic E-state index is 11.4. The van der Waals surface area contributed by atoms with E-state index >= 15 is 0 Å². The number of carbonyl (C=O) groups excluding carboxylic acids is 1. The second-order valence-electron chi connectivity index (χ2n) is 4.88. The molecule has 0 bridgehead atoms. The zero-order chi connectivity index (χ0) is 11.5. The van der Waals surface area contributed by atoms with E-state index in [1.807, 2.05) is 0 Å². The molecule has 0 radical (unpaired) electrons. The highest BCUT2D eigenvalue weighted by Crippen LogP contribution is 2.24. The Morgan fingerprint density at radius 3 is 2.75 bits per heavy atom. The summed E-state index contributed by atoms with van der Waals surface area (Å²) in [6.07, 6.45) is 5.62. The van der Waals surface area contributed by atoms with Crippen molar-refractivity contribution in [2.45, 2.75) is 46.0 Å². The fourth-order valence-corrected chi connectivity index (χ4v) is 2.61. The van der Waals surface area contributed by atoms with Crippen LogP contribution < -0.4 is 0 Å². The molecular weight excluding hydrogens is 196 g/mol. The number of rotatable bonds is 4. The van der Waals surface area contributed by atoms with Crippen LogP contribution in [-0.4, -0.2) is 5.78 Å². The average Bonchev–Trinajstić information content (AvgIpc) is 2.72. The lowest BCUT2D eigenvalue weighted by atomic mass is 9.92. The number of carbonyl (C=O) groups is 1. The fraction of sp³-hybridized carbons (Fsp3) is 0.533. The van der Waals surface area contributed by atoms with E-state index in [9.17, 15) is 4.79 Å². The Hall–Kier alpha value is -1.11. The van der Waals surface area contributed by atoms with Gasteiger partial charge in [0.25, 0.3) is 0 Å². The Bertz CT molecular complexity index is 392. The normalized spacial score (nSPS) is 15.9. The molecule has 1 aromatic rings. The maximum absolute atomic E-state index is 11.4. The van der Waals surface area contributed by atoms with Crippen molar-refractivity contribution < 1.29 is 4.79 Å². The van der Waals surface area contributed by atoms with Crippen molar-refractivity contribution in [3.8, 4) is 0 Å². The number of hydrogen-bond acceptors (Lipinski definition) is 1. The summed E-state index contributed by atoms with van der Waals surface area (Å²) in [5.74, 6) is 0.530. The summed E-state index contributed by atoms with van der Waals surface area (Å²) in [5.41, 5.74) is 4.36. The molecule has 0 aliphatic heterocycles. The van der Waals surface area contributed by atoms with Gasteiger partial charge >= 0.3 is 0 Å². The van der Waals surface area contributed by atoms with Crippen molar-refractivity contribution >= 4 is 5.78 Å². The number of fused-ring (bicyclic) bond motifs is 1. The van der Waals surface area contributed by atoms with Crippen LogP contribution in [0.15, 0.2) is 18.2 Å². The maximum Gasteiger partial charge on any atom is 0.133 e. The molecule has 1 aliphatic carbocycles. The van der Waals surface area contributed by atoms with Gasteiger partial charge in [-0.25, -0.2) is 0 Å². The third kappa shape index (κ3) is 2.34. The van der Waals surface area contributed by atoms with Crippen LogP contribution >= 0.6 is 0 Å². The van der Waals surface area contributed by atoms with Crippen LogP contribution in [0, 0.1) is 5.92 Å². The molecule has 1 unspecified atom stereocenters. The van der Waals surface area contributed by atoms with Crippen LogP contribution in [0.1, 0.15) is 43.4 Å². The highest BCUT2D eigenvalue weighted by atomic mass is 16.1. The first-order valence-electron chi connectivity index (χ1n) is 6.32. The molecule has 1 aromatic carbocycles. The molecule has 0 amide bonds. The highest BCUT2D eigenvalue weighted by molar-refractivity contribution is 5.78. The minimum atomic E-state index is 0.208. The first-order chi connectivity index (χ1) is 7.70. The standard InChI is InChI=1S/C15H20O/c1-3-13(11(2)16)9-12-7-8-14-5-4-6-15(14)10-12/h7-8,10,13H,3-6,9H2,1-2H3. The summed E-state index contributed by atoms with van der Waals surface area (Å²) in [6, 6.07) is 6.77. The third-order valence-electron chi connectivity index (χ3n) is 3.71. The molecule has 1 atom stereocenters. The lowest BCUT2D eigenvalue weighted by Crippen LogP contribution is -2.12. The molecule has 1 nitrogen and oxygen atoms in total. The second kappa shape index (κ2) is 4.82. The van der Waals surface area contributed by atoms with Gasteiger partial charge in [0.05, 0.1) is 0 Å². The minimum Gasteiger partial charge on any atom is -0.300 e. The number of benzene rings is 1. The molecule has 0 N–H and O–H groups in total. The Morgan fingerprint density at radius 1 is 1.31 bits per heavy atom. The summed E-state index contributed by atoms with van der Waals surface area (Å²) >= 11 is 0. The molecule has 0 heterocycles. The largest absolute Gasteiger partial charge is 0.300 e. The van der Waals surface area contributed by atoms with Crippen LogP contribution in [0.3, 0.4) is 0 Å². The molecule has 86 valence electrons. The fourth-order valence-electron chi connectivity index (χ4n) is 2.61. The SMILES string of the molecule is CCC(Cc1ccc2c(c1)CCC2)C(C)=O. The van der Waals surface area contributed by atoms with Crippen molar-refractivity contribution in [3.05, 3.63) is 34.9 Å². The summed E-state index contributed by atoms with van der Waals surface area (Å²) in [4.78, 5) is 11.4. The minimum absolute atomic E-state index is 0.208. The van der Waals surface area contributed by atoms with E-state index in [1.54, 1.807) is 6.92 Å². The highest BCUT2D eigenvalue weighted by Gasteiger charge is 2.15. The van der Waals surface area contributed by atoms with Crippen LogP contribution in [-0.2, 0) is 24.1 Å². The zero-order valence-corrected chi connectivity index (χ0v) is 10.3. The van der Waals surface area contributed by atoms with E-state index in [1.165, 1.54) is 36.0 Å². The Kier molecular flexibility index (Phi) is 3.42. The summed E-state index contributed by atoms with van der Waals surface area (Å²) in [5, 5.41) is 0. The zero-order valence-electron chi connectivity index (χ0n) is 10.3. The first kappa shape index (κ1) is 11.4. The van der Waals surface area contributed by atoms with Gasteiger partial charge in [0, 0.05) is 5.92 Å². The third-order valence-corrected chi connectivity index (χ3v) is 3.71. The quantitative estimate of drug-likeness (QED) is 0.754. The molecule has 16 heavy (non-hydrogen) atoms. The van der Waals surface area contributed by atoms with E-state index in [4.69, 9.17) is 0 Å². The second-order valence-corrected chi connectivity index (χ2v) is 4.88. The van der Waals surface area contributed by atoms with Gasteiger partial charge in [0.15, 0.2) is 0 Å². The van der Waals surface area contributed by atoms with Gasteiger partial charge in [-0.2, -0.15) is 0 Å².